The summed E-state index contributed by atoms with van der Waals surface area (Å²) in [4.78, 5) is 14.2. The van der Waals surface area contributed by atoms with Crippen LogP contribution in [0.3, 0.4) is 0 Å². The topological polar surface area (TPSA) is 58.4 Å². The van der Waals surface area contributed by atoms with E-state index in [1.807, 2.05) is 32.9 Å². The van der Waals surface area contributed by atoms with Crippen LogP contribution in [0.25, 0.3) is 10.1 Å². The molecule has 3 rings (SSSR count). The monoisotopic (exact) mass is 343 g/mol. The Morgan fingerprint density at radius 3 is 2.83 bits per heavy atom. The Labute approximate surface area is 145 Å². The molecule has 2 heterocycles. The summed E-state index contributed by atoms with van der Waals surface area (Å²) in [6, 6.07) is 8.08. The van der Waals surface area contributed by atoms with E-state index in [2.05, 4.69) is 28.0 Å². The Bertz CT molecular complexity index is 849. The maximum absolute atomic E-state index is 12.5. The molecular formula is C18H21N3O2S. The van der Waals surface area contributed by atoms with E-state index in [0.717, 1.165) is 22.6 Å². The molecular weight excluding hydrogens is 322 g/mol. The van der Waals surface area contributed by atoms with E-state index in [9.17, 15) is 4.79 Å². The zero-order valence-electron chi connectivity index (χ0n) is 14.3. The second-order valence-electron chi connectivity index (χ2n) is 6.02. The van der Waals surface area contributed by atoms with E-state index >= 15 is 0 Å². The molecule has 1 atom stereocenters. The normalized spacial score (nSPS) is 12.3. The molecule has 0 radical (unpaired) electrons. The highest BCUT2D eigenvalue weighted by molar-refractivity contribution is 7.17. The first kappa shape index (κ1) is 16.5. The van der Waals surface area contributed by atoms with Gasteiger partial charge >= 0.3 is 6.03 Å². The summed E-state index contributed by atoms with van der Waals surface area (Å²) in [5, 5.41) is 10.3. The number of thiophene rings is 1. The zero-order chi connectivity index (χ0) is 17.3. The summed E-state index contributed by atoms with van der Waals surface area (Å²) < 4.78 is 6.39. The third-order valence-corrected chi connectivity index (χ3v) is 5.22. The molecule has 0 bridgehead atoms. The van der Waals surface area contributed by atoms with Crippen molar-refractivity contribution >= 4 is 27.5 Å². The van der Waals surface area contributed by atoms with Gasteiger partial charge in [0.15, 0.2) is 0 Å². The molecule has 0 saturated carbocycles. The van der Waals surface area contributed by atoms with Gasteiger partial charge in [-0.3, -0.25) is 0 Å². The van der Waals surface area contributed by atoms with Crippen molar-refractivity contribution in [3.8, 4) is 0 Å². The number of hydrogen-bond donors (Lipinski definition) is 1. The molecule has 2 aromatic heterocycles. The van der Waals surface area contributed by atoms with E-state index < -0.39 is 0 Å². The lowest BCUT2D eigenvalue weighted by molar-refractivity contribution is 0.203. The Hall–Kier alpha value is -2.34. The second-order valence-corrected chi connectivity index (χ2v) is 6.93. The largest absolute Gasteiger partial charge is 0.361 e. The molecule has 0 aliphatic carbocycles. The fourth-order valence-electron chi connectivity index (χ4n) is 2.74. The van der Waals surface area contributed by atoms with Gasteiger partial charge in [0, 0.05) is 17.3 Å². The molecule has 2 amide bonds. The SMILES string of the molecule is Cc1noc(C)c1CN(C)C(=O)N[C@@H](C)c1csc2ccccc12. The molecule has 0 unspecified atom stereocenters. The maximum atomic E-state index is 12.5. The van der Waals surface area contributed by atoms with Crippen LogP contribution in [0.4, 0.5) is 4.79 Å². The minimum absolute atomic E-state index is 0.0548. The molecule has 126 valence electrons. The first-order chi connectivity index (χ1) is 11.5. The summed E-state index contributed by atoms with van der Waals surface area (Å²) in [7, 11) is 1.78. The highest BCUT2D eigenvalue weighted by atomic mass is 32.1. The molecule has 24 heavy (non-hydrogen) atoms. The fraction of sp³-hybridized carbons (Fsp3) is 0.333. The number of nitrogens with one attached hydrogen (secondary N) is 1. The summed E-state index contributed by atoms with van der Waals surface area (Å²) in [5.41, 5.74) is 2.93. The van der Waals surface area contributed by atoms with E-state index in [4.69, 9.17) is 4.52 Å². The third kappa shape index (κ3) is 3.14. The van der Waals surface area contributed by atoms with Gasteiger partial charge in [-0.15, -0.1) is 11.3 Å². The maximum Gasteiger partial charge on any atom is 0.317 e. The average Bonchev–Trinajstić information content (AvgIpc) is 3.13. The predicted octanol–water partition coefficient (Wildman–Crippen LogP) is 4.41. The van der Waals surface area contributed by atoms with Gasteiger partial charge in [-0.2, -0.15) is 0 Å². The number of carbonyl (C=O) groups is 1. The van der Waals surface area contributed by atoms with Gasteiger partial charge in [0.1, 0.15) is 5.76 Å². The number of carbonyl (C=O) groups excluding carboxylic acids is 1. The van der Waals surface area contributed by atoms with Crippen LogP contribution in [-0.2, 0) is 6.54 Å². The molecule has 0 aliphatic rings. The Kier molecular flexibility index (Phi) is 4.57. The van der Waals surface area contributed by atoms with Gasteiger partial charge < -0.3 is 14.7 Å². The van der Waals surface area contributed by atoms with Crippen LogP contribution < -0.4 is 5.32 Å². The van der Waals surface area contributed by atoms with Crippen LogP contribution in [0.5, 0.6) is 0 Å². The standard InChI is InChI=1S/C18H21N3O2S/c1-11(16-10-24-17-8-6-5-7-14(16)17)19-18(22)21(4)9-15-12(2)20-23-13(15)3/h5-8,10-11H,9H2,1-4H3,(H,19,22)/t11-/m0/s1. The molecule has 5 nitrogen and oxygen atoms in total. The van der Waals surface area contributed by atoms with Gasteiger partial charge in [-0.25, -0.2) is 4.79 Å². The fourth-order valence-corrected chi connectivity index (χ4v) is 3.80. The highest BCUT2D eigenvalue weighted by Crippen LogP contribution is 2.30. The molecule has 6 heteroatoms. The number of hydrogen-bond acceptors (Lipinski definition) is 4. The smallest absolute Gasteiger partial charge is 0.317 e. The third-order valence-electron chi connectivity index (χ3n) is 4.24. The van der Waals surface area contributed by atoms with Crippen molar-refractivity contribution in [3.63, 3.8) is 0 Å². The van der Waals surface area contributed by atoms with Crippen LogP contribution in [0.2, 0.25) is 0 Å². The van der Waals surface area contributed by atoms with Gasteiger partial charge in [-0.1, -0.05) is 23.4 Å². The van der Waals surface area contributed by atoms with Crippen molar-refractivity contribution in [2.24, 2.45) is 0 Å². The first-order valence-corrected chi connectivity index (χ1v) is 8.75. The quantitative estimate of drug-likeness (QED) is 0.763. The van der Waals surface area contributed by atoms with Crippen LogP contribution in [0, 0.1) is 13.8 Å². The summed E-state index contributed by atoms with van der Waals surface area (Å²) in [5.74, 6) is 0.754. The summed E-state index contributed by atoms with van der Waals surface area (Å²) in [6.07, 6.45) is 0. The summed E-state index contributed by atoms with van der Waals surface area (Å²) in [6.45, 7) is 6.24. The van der Waals surface area contributed by atoms with Gasteiger partial charge in [0.2, 0.25) is 0 Å². The second kappa shape index (κ2) is 6.65. The van der Waals surface area contributed by atoms with Crippen molar-refractivity contribution < 1.29 is 9.32 Å². The molecule has 0 spiro atoms. The lowest BCUT2D eigenvalue weighted by atomic mass is 10.1. The lowest BCUT2D eigenvalue weighted by Gasteiger charge is -2.21. The lowest BCUT2D eigenvalue weighted by Crippen LogP contribution is -2.38. The molecule has 3 aromatic rings. The van der Waals surface area contributed by atoms with Crippen molar-refractivity contribution in [1.29, 1.82) is 0 Å². The van der Waals surface area contributed by atoms with Crippen molar-refractivity contribution in [1.82, 2.24) is 15.4 Å². The average molecular weight is 343 g/mol. The molecule has 1 aromatic carbocycles. The van der Waals surface area contributed by atoms with Crippen LogP contribution in [0.15, 0.2) is 34.2 Å². The van der Waals surface area contributed by atoms with E-state index in [0.29, 0.717) is 6.54 Å². The molecule has 1 N–H and O–H groups in total. The Morgan fingerprint density at radius 1 is 1.38 bits per heavy atom. The van der Waals surface area contributed by atoms with Crippen molar-refractivity contribution in [3.05, 3.63) is 52.2 Å². The number of benzene rings is 1. The van der Waals surface area contributed by atoms with Gasteiger partial charge in [0.25, 0.3) is 0 Å². The van der Waals surface area contributed by atoms with Gasteiger partial charge in [-0.05, 0) is 43.2 Å². The zero-order valence-corrected chi connectivity index (χ0v) is 15.1. The number of amides is 2. The number of fused-ring (bicyclic) bond motifs is 1. The van der Waals surface area contributed by atoms with Crippen molar-refractivity contribution in [2.75, 3.05) is 7.05 Å². The van der Waals surface area contributed by atoms with Crippen LogP contribution >= 0.6 is 11.3 Å². The molecule has 0 aliphatic heterocycles. The van der Waals surface area contributed by atoms with E-state index in [-0.39, 0.29) is 12.1 Å². The van der Waals surface area contributed by atoms with Gasteiger partial charge in [0.05, 0.1) is 18.3 Å². The number of nitrogens with zero attached hydrogens (tertiary/aromatic N) is 2. The molecule has 0 saturated heterocycles. The van der Waals surface area contributed by atoms with Crippen LogP contribution in [0.1, 0.15) is 35.5 Å². The number of aryl methyl sites for hydroxylation is 2. The first-order valence-electron chi connectivity index (χ1n) is 7.87. The number of urea groups is 1. The highest BCUT2D eigenvalue weighted by Gasteiger charge is 2.18. The number of rotatable bonds is 4. The minimum Gasteiger partial charge on any atom is -0.361 e. The van der Waals surface area contributed by atoms with E-state index in [1.54, 1.807) is 23.3 Å². The minimum atomic E-state index is -0.113. The predicted molar refractivity (Wildman–Crippen MR) is 96.2 cm³/mol. The Morgan fingerprint density at radius 2 is 2.12 bits per heavy atom. The summed E-state index contributed by atoms with van der Waals surface area (Å²) >= 11 is 1.70. The van der Waals surface area contributed by atoms with Crippen molar-refractivity contribution in [2.45, 2.75) is 33.4 Å². The molecule has 0 fully saturated rings. The van der Waals surface area contributed by atoms with Crippen LogP contribution in [-0.4, -0.2) is 23.1 Å². The number of aromatic nitrogens is 1. The Balaban J connectivity index is 1.69. The van der Waals surface area contributed by atoms with E-state index in [1.165, 1.54) is 10.1 Å².